The molecule has 0 bridgehead atoms. The van der Waals surface area contributed by atoms with Crippen molar-refractivity contribution in [1.29, 1.82) is 0 Å². The minimum Gasteiger partial charge on any atom is -0.290 e. The summed E-state index contributed by atoms with van der Waals surface area (Å²) < 4.78 is 58.9. The highest BCUT2D eigenvalue weighted by Gasteiger charge is 2.35. The molecule has 0 aliphatic carbocycles. The van der Waals surface area contributed by atoms with Crippen LogP contribution in [-0.4, -0.2) is 50.3 Å². The van der Waals surface area contributed by atoms with E-state index in [1.165, 1.54) is 0 Å². The molecule has 0 spiro atoms. The van der Waals surface area contributed by atoms with Crippen LogP contribution in [0.4, 0.5) is 0 Å². The topological polar surface area (TPSA) is 134 Å². The lowest BCUT2D eigenvalue weighted by atomic mass is 10.2. The minimum absolute atomic E-state index is 0.250. The predicted octanol–water partition coefficient (Wildman–Crippen LogP) is 9.53. The van der Waals surface area contributed by atoms with Gasteiger partial charge in [0, 0.05) is 5.39 Å². The molecular formula is C48H29N7O4S2. The molecule has 0 saturated carbocycles. The number of aromatic nitrogens is 7. The van der Waals surface area contributed by atoms with Crippen LogP contribution in [0.5, 0.6) is 0 Å². The number of para-hydroxylation sites is 7. The Morgan fingerprint density at radius 2 is 0.934 bits per heavy atom. The summed E-state index contributed by atoms with van der Waals surface area (Å²) in [7, 11) is -7.22. The van der Waals surface area contributed by atoms with Gasteiger partial charge in [0.2, 0.25) is 19.7 Å². The molecule has 2 aliphatic heterocycles. The Morgan fingerprint density at radius 1 is 0.410 bits per heavy atom. The molecule has 292 valence electrons. The summed E-state index contributed by atoms with van der Waals surface area (Å²) in [5, 5.41) is 0.936. The summed E-state index contributed by atoms with van der Waals surface area (Å²) in [6.45, 7) is 0. The van der Waals surface area contributed by atoms with Crippen molar-refractivity contribution in [1.82, 2.24) is 33.5 Å². The van der Waals surface area contributed by atoms with Crippen LogP contribution in [0.3, 0.4) is 0 Å². The second-order valence-corrected chi connectivity index (χ2v) is 18.5. The number of hydrogen-bond donors (Lipinski definition) is 0. The second-order valence-electron chi connectivity index (χ2n) is 14.7. The van der Waals surface area contributed by atoms with Crippen molar-refractivity contribution in [3.05, 3.63) is 175 Å². The molecule has 11 nitrogen and oxygen atoms in total. The largest absolute Gasteiger partial charge is 0.290 e. The molecular weight excluding hydrogens is 803 g/mol. The van der Waals surface area contributed by atoms with E-state index < -0.39 is 19.7 Å². The molecule has 61 heavy (non-hydrogen) atoms. The van der Waals surface area contributed by atoms with Gasteiger partial charge in [0.15, 0.2) is 11.6 Å². The Morgan fingerprint density at radius 3 is 1.66 bits per heavy atom. The average Bonchev–Trinajstić information content (AvgIpc) is 4.00. The van der Waals surface area contributed by atoms with Crippen molar-refractivity contribution in [2.75, 3.05) is 0 Å². The summed E-state index contributed by atoms with van der Waals surface area (Å²) in [5.74, 6) is 1.87. The van der Waals surface area contributed by atoms with E-state index in [-0.39, 0.29) is 9.79 Å². The third kappa shape index (κ3) is 5.08. The van der Waals surface area contributed by atoms with Gasteiger partial charge in [-0.1, -0.05) is 97.1 Å². The fourth-order valence-corrected chi connectivity index (χ4v) is 11.9. The molecule has 0 N–H and O–H groups in total. The standard InChI is InChI=1S/C27H15N5O2S.C21H14N2O2S/c33-35(34)22-14-6-5-13-21(22)31-24-19(11-7-15-23(24)35)30-26(31)27-28-17-9-2-1-8-16(17)25-29-18-10-3-4-12-20(18)32(25)27;24-26(25)18-11-5-4-10-17(18)23-20(14-13-15-7-2-1-3-8-15)22-16-9-6-12-19(26)21(16)23/h1-15H;1-14H/b;14-13+. The molecule has 0 radical (unpaired) electrons. The first-order valence-electron chi connectivity index (χ1n) is 19.4. The highest BCUT2D eigenvalue weighted by molar-refractivity contribution is 7.92. The van der Waals surface area contributed by atoms with Crippen LogP contribution in [-0.2, 0) is 19.7 Å². The van der Waals surface area contributed by atoms with Crippen molar-refractivity contribution in [2.24, 2.45) is 0 Å². The lowest BCUT2D eigenvalue weighted by Gasteiger charge is -2.20. The number of sulfone groups is 2. The van der Waals surface area contributed by atoms with Gasteiger partial charge in [0.05, 0.1) is 69.6 Å². The maximum Gasteiger partial charge on any atom is 0.210 e. The fraction of sp³-hybridized carbons (Fsp3) is 0. The quantitative estimate of drug-likeness (QED) is 0.172. The maximum atomic E-state index is 13.5. The van der Waals surface area contributed by atoms with E-state index in [9.17, 15) is 16.8 Å². The highest BCUT2D eigenvalue weighted by atomic mass is 32.2. The first-order valence-corrected chi connectivity index (χ1v) is 22.4. The van der Waals surface area contributed by atoms with Gasteiger partial charge in [0.1, 0.15) is 11.5 Å². The molecule has 0 amide bonds. The molecule has 13 rings (SSSR count). The van der Waals surface area contributed by atoms with Crippen LogP contribution in [0.2, 0.25) is 0 Å². The molecule has 0 saturated heterocycles. The van der Waals surface area contributed by atoms with Crippen molar-refractivity contribution >= 4 is 81.5 Å². The number of nitrogens with zero attached hydrogens (tertiary/aromatic N) is 7. The van der Waals surface area contributed by atoms with E-state index in [4.69, 9.17) is 15.0 Å². The first kappa shape index (κ1) is 35.2. The normalized spacial score (nSPS) is 14.4. The third-order valence-corrected chi connectivity index (χ3v) is 14.9. The molecule has 0 unspecified atom stereocenters. The lowest BCUT2D eigenvalue weighted by molar-refractivity contribution is 0.593. The highest BCUT2D eigenvalue weighted by Crippen LogP contribution is 2.42. The lowest BCUT2D eigenvalue weighted by Crippen LogP contribution is -2.15. The van der Waals surface area contributed by atoms with Crippen molar-refractivity contribution in [3.8, 4) is 23.0 Å². The molecule has 2 aliphatic rings. The van der Waals surface area contributed by atoms with E-state index in [1.54, 1.807) is 48.5 Å². The van der Waals surface area contributed by atoms with Gasteiger partial charge in [-0.15, -0.1) is 0 Å². The Labute approximate surface area is 348 Å². The summed E-state index contributed by atoms with van der Waals surface area (Å²) in [6, 6.07) is 50.3. The van der Waals surface area contributed by atoms with Gasteiger partial charge in [-0.2, -0.15) is 0 Å². The SMILES string of the molecule is O=S1(=O)c2ccccc2-n2c(-c3nc4ccccc4c4nc5ccccc5n34)nc3cccc1c32.O=S1(=O)c2ccccc2-n2c(/C=C/c3ccccc3)nc3cccc1c32. The van der Waals surface area contributed by atoms with Crippen LogP contribution < -0.4 is 0 Å². The fourth-order valence-electron chi connectivity index (χ4n) is 8.59. The minimum atomic E-state index is -3.68. The number of benzene rings is 7. The number of imidazole rings is 3. The van der Waals surface area contributed by atoms with E-state index in [2.05, 4.69) is 4.98 Å². The molecule has 13 heteroatoms. The molecule has 7 aromatic carbocycles. The van der Waals surface area contributed by atoms with Gasteiger partial charge in [-0.25, -0.2) is 36.8 Å². The van der Waals surface area contributed by atoms with Crippen LogP contribution >= 0.6 is 0 Å². The average molecular weight is 832 g/mol. The first-order chi connectivity index (χ1) is 29.8. The molecule has 0 fully saturated rings. The zero-order chi connectivity index (χ0) is 41.0. The van der Waals surface area contributed by atoms with E-state index in [0.717, 1.165) is 33.1 Å². The monoisotopic (exact) mass is 831 g/mol. The summed E-state index contributed by atoms with van der Waals surface area (Å²) in [5.41, 5.74) is 8.08. The second kappa shape index (κ2) is 12.9. The molecule has 4 aromatic heterocycles. The Bertz CT molecular complexity index is 3930. The van der Waals surface area contributed by atoms with Crippen LogP contribution in [0.15, 0.2) is 183 Å². The van der Waals surface area contributed by atoms with Crippen LogP contribution in [0, 0.1) is 0 Å². The summed E-state index contributed by atoms with van der Waals surface area (Å²) in [6.07, 6.45) is 3.91. The van der Waals surface area contributed by atoms with Crippen molar-refractivity contribution in [3.63, 3.8) is 0 Å². The number of rotatable bonds is 3. The Hall–Kier alpha value is -7.74. The summed E-state index contributed by atoms with van der Waals surface area (Å²) in [4.78, 5) is 20.7. The predicted molar refractivity (Wildman–Crippen MR) is 235 cm³/mol. The van der Waals surface area contributed by atoms with E-state index >= 15 is 0 Å². The maximum absolute atomic E-state index is 13.5. The zero-order valence-corrected chi connectivity index (χ0v) is 33.5. The van der Waals surface area contributed by atoms with Gasteiger partial charge < -0.3 is 0 Å². The molecule has 11 aromatic rings. The van der Waals surface area contributed by atoms with Gasteiger partial charge in [-0.05, 0) is 84.4 Å². The molecule has 0 atom stereocenters. The summed E-state index contributed by atoms with van der Waals surface area (Å²) >= 11 is 0. The van der Waals surface area contributed by atoms with Gasteiger partial charge >= 0.3 is 0 Å². The van der Waals surface area contributed by atoms with Gasteiger partial charge in [0.25, 0.3) is 0 Å². The van der Waals surface area contributed by atoms with Gasteiger partial charge in [-0.3, -0.25) is 13.5 Å². The zero-order valence-electron chi connectivity index (χ0n) is 31.8. The van der Waals surface area contributed by atoms with Crippen molar-refractivity contribution < 1.29 is 16.8 Å². The van der Waals surface area contributed by atoms with Crippen molar-refractivity contribution in [2.45, 2.75) is 19.6 Å². The number of hydrogen-bond acceptors (Lipinski definition) is 8. The Kier molecular flexibility index (Phi) is 7.44. The third-order valence-electron chi connectivity index (χ3n) is 11.2. The van der Waals surface area contributed by atoms with E-state index in [1.807, 2.05) is 141 Å². The number of fused-ring (bicyclic) bond motifs is 9. The molecule has 6 heterocycles. The Balaban J connectivity index is 0.000000137. The smallest absolute Gasteiger partial charge is 0.210 e. The van der Waals surface area contributed by atoms with Crippen LogP contribution in [0.25, 0.3) is 84.8 Å². The van der Waals surface area contributed by atoms with E-state index in [0.29, 0.717) is 60.7 Å². The van der Waals surface area contributed by atoms with Crippen LogP contribution in [0.1, 0.15) is 11.4 Å².